The van der Waals surface area contributed by atoms with Crippen molar-refractivity contribution >= 4 is 21.8 Å². The van der Waals surface area contributed by atoms with Crippen molar-refractivity contribution in [2.24, 2.45) is 0 Å². The van der Waals surface area contributed by atoms with Gasteiger partial charge < -0.3 is 14.8 Å². The van der Waals surface area contributed by atoms with Gasteiger partial charge in [-0.1, -0.05) is 24.3 Å². The number of methoxy groups -OCH3 is 1. The summed E-state index contributed by atoms with van der Waals surface area (Å²) < 4.78 is 11.8. The molecule has 0 aliphatic rings. The maximum atomic E-state index is 12.2. The first-order valence-electron chi connectivity index (χ1n) is 7.74. The van der Waals surface area contributed by atoms with Crippen LogP contribution < -0.4 is 14.8 Å². The van der Waals surface area contributed by atoms with E-state index in [0.717, 1.165) is 32.7 Å². The van der Waals surface area contributed by atoms with Gasteiger partial charge in [-0.3, -0.25) is 4.79 Å². The van der Waals surface area contributed by atoms with Crippen molar-refractivity contribution in [2.75, 3.05) is 13.7 Å². The number of para-hydroxylation sites is 1. The molecule has 128 valence electrons. The molecule has 0 aliphatic heterocycles. The van der Waals surface area contributed by atoms with E-state index in [0.29, 0.717) is 0 Å². The minimum absolute atomic E-state index is 0.00659. The molecule has 1 amide bonds. The Morgan fingerprint density at radius 1 is 1.21 bits per heavy atom. The Morgan fingerprint density at radius 3 is 2.46 bits per heavy atom. The van der Waals surface area contributed by atoms with E-state index in [4.69, 9.17) is 9.47 Å². The Bertz CT molecular complexity index is 710. The summed E-state index contributed by atoms with van der Waals surface area (Å²) in [6, 6.07) is 11.5. The van der Waals surface area contributed by atoms with Crippen molar-refractivity contribution < 1.29 is 14.3 Å². The van der Waals surface area contributed by atoms with Crippen molar-refractivity contribution in [1.29, 1.82) is 0 Å². The Morgan fingerprint density at radius 2 is 1.88 bits per heavy atom. The number of hydrogen-bond acceptors (Lipinski definition) is 3. The van der Waals surface area contributed by atoms with E-state index < -0.39 is 0 Å². The summed E-state index contributed by atoms with van der Waals surface area (Å²) in [5.41, 5.74) is 3.04. The van der Waals surface area contributed by atoms with Gasteiger partial charge in [0.15, 0.2) is 6.61 Å². The first-order valence-corrected chi connectivity index (χ1v) is 8.53. The average molecular weight is 392 g/mol. The van der Waals surface area contributed by atoms with Crippen molar-refractivity contribution in [3.05, 3.63) is 57.6 Å². The van der Waals surface area contributed by atoms with Crippen LogP contribution in [0.25, 0.3) is 0 Å². The third-order valence-corrected chi connectivity index (χ3v) is 4.43. The number of rotatable bonds is 6. The summed E-state index contributed by atoms with van der Waals surface area (Å²) in [7, 11) is 1.62. The monoisotopic (exact) mass is 391 g/mol. The Balaban J connectivity index is 1.95. The van der Waals surface area contributed by atoms with Gasteiger partial charge in [0.2, 0.25) is 0 Å². The number of ether oxygens (including phenoxy) is 2. The summed E-state index contributed by atoms with van der Waals surface area (Å²) in [5.74, 6) is 1.38. The topological polar surface area (TPSA) is 47.6 Å². The standard InChI is InChI=1S/C19H22BrNO3/c1-12-6-5-7-13(2)19(12)24-11-18(22)21-14(3)15-8-9-17(23-4)16(20)10-15/h5-10,14H,11H2,1-4H3,(H,21,22)/t14-/m0/s1. The maximum absolute atomic E-state index is 12.2. The quantitative estimate of drug-likeness (QED) is 0.796. The second-order valence-electron chi connectivity index (χ2n) is 5.69. The molecular weight excluding hydrogens is 370 g/mol. The fourth-order valence-corrected chi connectivity index (χ4v) is 3.04. The van der Waals surface area contributed by atoms with E-state index >= 15 is 0 Å². The second kappa shape index (κ2) is 8.20. The molecule has 0 unspecified atom stereocenters. The van der Waals surface area contributed by atoms with Crippen LogP contribution in [0.5, 0.6) is 11.5 Å². The molecule has 0 spiro atoms. The number of aryl methyl sites for hydroxylation is 2. The fourth-order valence-electron chi connectivity index (χ4n) is 2.48. The first-order chi connectivity index (χ1) is 11.4. The largest absolute Gasteiger partial charge is 0.496 e. The molecule has 1 atom stereocenters. The zero-order chi connectivity index (χ0) is 17.7. The number of hydrogen-bond donors (Lipinski definition) is 1. The summed E-state index contributed by atoms with van der Waals surface area (Å²) in [5, 5.41) is 2.94. The molecule has 5 heteroatoms. The molecule has 0 fully saturated rings. The molecule has 0 aliphatic carbocycles. The van der Waals surface area contributed by atoms with Crippen molar-refractivity contribution in [1.82, 2.24) is 5.32 Å². The molecule has 24 heavy (non-hydrogen) atoms. The van der Waals surface area contributed by atoms with Crippen LogP contribution in [0.3, 0.4) is 0 Å². The predicted molar refractivity (Wildman–Crippen MR) is 98.7 cm³/mol. The van der Waals surface area contributed by atoms with Gasteiger partial charge in [-0.05, 0) is 65.5 Å². The molecule has 4 nitrogen and oxygen atoms in total. The Hall–Kier alpha value is -2.01. The van der Waals surface area contributed by atoms with Crippen LogP contribution in [0.4, 0.5) is 0 Å². The van der Waals surface area contributed by atoms with Crippen LogP contribution >= 0.6 is 15.9 Å². The predicted octanol–water partition coefficient (Wildman–Crippen LogP) is 4.33. The van der Waals surface area contributed by atoms with E-state index in [1.165, 1.54) is 0 Å². The number of amides is 1. The van der Waals surface area contributed by atoms with Crippen molar-refractivity contribution in [3.63, 3.8) is 0 Å². The van der Waals surface area contributed by atoms with Gasteiger partial charge in [0.1, 0.15) is 11.5 Å². The van der Waals surface area contributed by atoms with E-state index in [9.17, 15) is 4.79 Å². The molecule has 0 aromatic heterocycles. The molecule has 0 bridgehead atoms. The van der Waals surface area contributed by atoms with Gasteiger partial charge in [-0.25, -0.2) is 0 Å². The Kier molecular flexibility index (Phi) is 6.26. The summed E-state index contributed by atoms with van der Waals surface area (Å²) in [6.07, 6.45) is 0. The number of benzene rings is 2. The van der Waals surface area contributed by atoms with E-state index in [1.54, 1.807) is 7.11 Å². The van der Waals surface area contributed by atoms with Crippen LogP contribution in [0.1, 0.15) is 29.7 Å². The number of carbonyl (C=O) groups excluding carboxylic acids is 1. The minimum Gasteiger partial charge on any atom is -0.496 e. The molecule has 0 saturated carbocycles. The van der Waals surface area contributed by atoms with Gasteiger partial charge >= 0.3 is 0 Å². The molecule has 2 aromatic carbocycles. The van der Waals surface area contributed by atoms with E-state index in [1.807, 2.05) is 57.2 Å². The van der Waals surface area contributed by atoms with Crippen molar-refractivity contribution in [2.45, 2.75) is 26.8 Å². The zero-order valence-electron chi connectivity index (χ0n) is 14.4. The molecule has 0 saturated heterocycles. The van der Waals surface area contributed by atoms with E-state index in [2.05, 4.69) is 21.2 Å². The van der Waals surface area contributed by atoms with Gasteiger partial charge in [0, 0.05) is 0 Å². The van der Waals surface area contributed by atoms with Crippen molar-refractivity contribution in [3.8, 4) is 11.5 Å². The van der Waals surface area contributed by atoms with Gasteiger partial charge in [-0.15, -0.1) is 0 Å². The normalized spacial score (nSPS) is 11.7. The molecule has 0 heterocycles. The van der Waals surface area contributed by atoms with Crippen LogP contribution in [0.15, 0.2) is 40.9 Å². The minimum atomic E-state index is -0.155. The zero-order valence-corrected chi connectivity index (χ0v) is 15.9. The SMILES string of the molecule is COc1ccc([C@H](C)NC(=O)COc2c(C)cccc2C)cc1Br. The van der Waals surface area contributed by atoms with Gasteiger partial charge in [0.25, 0.3) is 5.91 Å². The lowest BCUT2D eigenvalue weighted by atomic mass is 10.1. The lowest BCUT2D eigenvalue weighted by Crippen LogP contribution is -2.31. The van der Waals surface area contributed by atoms with Crippen LogP contribution in [-0.4, -0.2) is 19.6 Å². The Labute approximate surface area is 151 Å². The fraction of sp³-hybridized carbons (Fsp3) is 0.316. The number of carbonyl (C=O) groups is 1. The highest BCUT2D eigenvalue weighted by atomic mass is 79.9. The highest BCUT2D eigenvalue weighted by Crippen LogP contribution is 2.28. The third kappa shape index (κ3) is 4.51. The van der Waals surface area contributed by atoms with Crippen LogP contribution in [0.2, 0.25) is 0 Å². The van der Waals surface area contributed by atoms with Gasteiger partial charge in [-0.2, -0.15) is 0 Å². The van der Waals surface area contributed by atoms with E-state index in [-0.39, 0.29) is 18.6 Å². The maximum Gasteiger partial charge on any atom is 0.258 e. The summed E-state index contributed by atoms with van der Waals surface area (Å²) >= 11 is 3.46. The summed E-state index contributed by atoms with van der Waals surface area (Å²) in [4.78, 5) is 12.2. The smallest absolute Gasteiger partial charge is 0.258 e. The van der Waals surface area contributed by atoms with Crippen LogP contribution in [0, 0.1) is 13.8 Å². The number of nitrogens with one attached hydrogen (secondary N) is 1. The average Bonchev–Trinajstić information content (AvgIpc) is 2.54. The highest BCUT2D eigenvalue weighted by Gasteiger charge is 2.13. The highest BCUT2D eigenvalue weighted by molar-refractivity contribution is 9.10. The summed E-state index contributed by atoms with van der Waals surface area (Å²) in [6.45, 7) is 5.87. The molecule has 0 radical (unpaired) electrons. The lowest BCUT2D eigenvalue weighted by Gasteiger charge is -2.17. The van der Waals surface area contributed by atoms with Gasteiger partial charge in [0.05, 0.1) is 17.6 Å². The second-order valence-corrected chi connectivity index (χ2v) is 6.55. The molecule has 2 rings (SSSR count). The lowest BCUT2D eigenvalue weighted by molar-refractivity contribution is -0.123. The molecule has 2 aromatic rings. The third-order valence-electron chi connectivity index (χ3n) is 3.81. The first kappa shape index (κ1) is 18.3. The molecular formula is C19H22BrNO3. The molecule has 1 N–H and O–H groups in total. The number of halogens is 1. The van der Waals surface area contributed by atoms with Crippen LogP contribution in [-0.2, 0) is 4.79 Å².